The van der Waals surface area contributed by atoms with Gasteiger partial charge in [0.1, 0.15) is 5.82 Å². The summed E-state index contributed by atoms with van der Waals surface area (Å²) in [5, 5.41) is 12.5. The zero-order chi connectivity index (χ0) is 14.1. The molecule has 1 heterocycles. The number of hydrogen-bond donors (Lipinski definition) is 1. The highest BCUT2D eigenvalue weighted by Gasteiger charge is 2.36. The van der Waals surface area contributed by atoms with Crippen LogP contribution in [0.4, 0.5) is 0 Å². The Morgan fingerprint density at radius 1 is 1.35 bits per heavy atom. The van der Waals surface area contributed by atoms with Crippen molar-refractivity contribution in [2.24, 2.45) is 5.92 Å². The van der Waals surface area contributed by atoms with E-state index in [1.807, 2.05) is 0 Å². The predicted molar refractivity (Wildman–Crippen MR) is 78.8 cm³/mol. The third kappa shape index (κ3) is 3.34. The number of hydrogen-bond acceptors (Lipinski definition) is 4. The SMILES string of the molecule is CC(C)CNC(=O)CSc1nnc(C2CC2)n1C1CC1. The fourth-order valence-corrected chi connectivity index (χ4v) is 3.02. The van der Waals surface area contributed by atoms with Crippen LogP contribution >= 0.6 is 11.8 Å². The van der Waals surface area contributed by atoms with Gasteiger partial charge in [-0.15, -0.1) is 10.2 Å². The van der Waals surface area contributed by atoms with Gasteiger partial charge in [0.25, 0.3) is 0 Å². The Morgan fingerprint density at radius 2 is 2.10 bits per heavy atom. The maximum Gasteiger partial charge on any atom is 0.230 e. The van der Waals surface area contributed by atoms with Crippen LogP contribution in [0.5, 0.6) is 0 Å². The lowest BCUT2D eigenvalue weighted by Crippen LogP contribution is -2.28. The molecule has 20 heavy (non-hydrogen) atoms. The van der Waals surface area contributed by atoms with Crippen molar-refractivity contribution in [2.45, 2.75) is 56.6 Å². The van der Waals surface area contributed by atoms with Crippen molar-refractivity contribution in [2.75, 3.05) is 12.3 Å². The second-order valence-electron chi connectivity index (χ2n) is 6.20. The zero-order valence-corrected chi connectivity index (χ0v) is 12.9. The van der Waals surface area contributed by atoms with Crippen molar-refractivity contribution < 1.29 is 4.79 Å². The van der Waals surface area contributed by atoms with Crippen LogP contribution in [0.1, 0.15) is 57.3 Å². The first-order valence-corrected chi connectivity index (χ1v) is 8.48. The van der Waals surface area contributed by atoms with Crippen LogP contribution in [0.3, 0.4) is 0 Å². The molecule has 0 bridgehead atoms. The fraction of sp³-hybridized carbons (Fsp3) is 0.786. The van der Waals surface area contributed by atoms with E-state index < -0.39 is 0 Å². The van der Waals surface area contributed by atoms with E-state index in [1.165, 1.54) is 37.4 Å². The molecule has 0 atom stereocenters. The van der Waals surface area contributed by atoms with Gasteiger partial charge in [-0.1, -0.05) is 25.6 Å². The van der Waals surface area contributed by atoms with Crippen LogP contribution in [0, 0.1) is 5.92 Å². The molecule has 1 N–H and O–H groups in total. The van der Waals surface area contributed by atoms with Gasteiger partial charge in [0, 0.05) is 18.5 Å². The molecule has 1 aromatic heterocycles. The molecule has 1 amide bonds. The summed E-state index contributed by atoms with van der Waals surface area (Å²) in [6.45, 7) is 4.93. The lowest BCUT2D eigenvalue weighted by Gasteiger charge is -2.09. The summed E-state index contributed by atoms with van der Waals surface area (Å²) in [6, 6.07) is 0.585. The van der Waals surface area contributed by atoms with Crippen LogP contribution in [-0.2, 0) is 4.79 Å². The smallest absolute Gasteiger partial charge is 0.230 e. The molecule has 1 aromatic rings. The average molecular weight is 294 g/mol. The summed E-state index contributed by atoms with van der Waals surface area (Å²) in [6.07, 6.45) is 4.94. The van der Waals surface area contributed by atoms with Crippen molar-refractivity contribution in [3.05, 3.63) is 5.82 Å². The van der Waals surface area contributed by atoms with Gasteiger partial charge in [0.05, 0.1) is 5.75 Å². The molecule has 0 unspecified atom stereocenters. The molecule has 0 saturated heterocycles. The summed E-state index contributed by atoms with van der Waals surface area (Å²) in [4.78, 5) is 11.8. The van der Waals surface area contributed by atoms with Gasteiger partial charge in [0.15, 0.2) is 5.16 Å². The second kappa shape index (κ2) is 5.76. The van der Waals surface area contributed by atoms with Crippen molar-refractivity contribution in [3.8, 4) is 0 Å². The minimum Gasteiger partial charge on any atom is -0.355 e. The molecule has 2 saturated carbocycles. The van der Waals surface area contributed by atoms with Gasteiger partial charge in [-0.2, -0.15) is 0 Å². The highest BCUT2D eigenvalue weighted by molar-refractivity contribution is 7.99. The lowest BCUT2D eigenvalue weighted by molar-refractivity contribution is -0.118. The van der Waals surface area contributed by atoms with Crippen LogP contribution < -0.4 is 5.32 Å². The lowest BCUT2D eigenvalue weighted by atomic mass is 10.2. The first kappa shape index (κ1) is 13.9. The summed E-state index contributed by atoms with van der Waals surface area (Å²) < 4.78 is 2.29. The normalized spacial score (nSPS) is 18.6. The van der Waals surface area contributed by atoms with Crippen LogP contribution in [0.2, 0.25) is 0 Å². The molecule has 6 heteroatoms. The maximum atomic E-state index is 11.8. The summed E-state index contributed by atoms with van der Waals surface area (Å²) in [5.74, 6) is 2.77. The molecule has 5 nitrogen and oxygen atoms in total. The molecular weight excluding hydrogens is 272 g/mol. The van der Waals surface area contributed by atoms with Crippen LogP contribution in [-0.4, -0.2) is 33.0 Å². The Morgan fingerprint density at radius 3 is 2.70 bits per heavy atom. The number of rotatable bonds is 7. The molecule has 3 rings (SSSR count). The number of carbonyl (C=O) groups excluding carboxylic acids is 1. The summed E-state index contributed by atoms with van der Waals surface area (Å²) in [5.41, 5.74) is 0. The van der Waals surface area contributed by atoms with E-state index in [4.69, 9.17) is 0 Å². The Bertz CT molecular complexity index is 491. The van der Waals surface area contributed by atoms with E-state index in [1.54, 1.807) is 0 Å². The molecule has 0 aliphatic heterocycles. The third-order valence-electron chi connectivity index (χ3n) is 3.59. The molecule has 0 radical (unpaired) electrons. The van der Waals surface area contributed by atoms with Crippen molar-refractivity contribution in [1.29, 1.82) is 0 Å². The largest absolute Gasteiger partial charge is 0.355 e. The minimum atomic E-state index is 0.0852. The standard InChI is InChI=1S/C14H22N4OS/c1-9(2)7-15-12(19)8-20-14-17-16-13(10-3-4-10)18(14)11-5-6-11/h9-11H,3-8H2,1-2H3,(H,15,19). The number of nitrogens with zero attached hydrogens (tertiary/aromatic N) is 3. The van der Waals surface area contributed by atoms with E-state index in [2.05, 4.69) is 33.9 Å². The maximum absolute atomic E-state index is 11.8. The molecular formula is C14H22N4OS. The predicted octanol–water partition coefficient (Wildman–Crippen LogP) is 2.35. The molecule has 110 valence electrons. The van der Waals surface area contributed by atoms with Crippen LogP contribution in [0.25, 0.3) is 0 Å². The average Bonchev–Trinajstić information content (AvgIpc) is 3.32. The van der Waals surface area contributed by atoms with E-state index >= 15 is 0 Å². The van der Waals surface area contributed by atoms with Gasteiger partial charge < -0.3 is 9.88 Å². The number of amides is 1. The highest BCUT2D eigenvalue weighted by atomic mass is 32.2. The van der Waals surface area contributed by atoms with Gasteiger partial charge in [0.2, 0.25) is 5.91 Å². The first-order valence-electron chi connectivity index (χ1n) is 7.49. The van der Waals surface area contributed by atoms with E-state index in [0.29, 0.717) is 23.6 Å². The first-order chi connectivity index (χ1) is 9.65. The molecule has 2 fully saturated rings. The zero-order valence-electron chi connectivity index (χ0n) is 12.1. The molecule has 2 aliphatic rings. The van der Waals surface area contributed by atoms with Crippen molar-refractivity contribution in [1.82, 2.24) is 20.1 Å². The Hall–Kier alpha value is -1.04. The van der Waals surface area contributed by atoms with Gasteiger partial charge >= 0.3 is 0 Å². The van der Waals surface area contributed by atoms with Crippen LogP contribution in [0.15, 0.2) is 5.16 Å². The van der Waals surface area contributed by atoms with Gasteiger partial charge in [-0.3, -0.25) is 4.79 Å². The molecule has 2 aliphatic carbocycles. The number of thioether (sulfide) groups is 1. The third-order valence-corrected chi connectivity index (χ3v) is 4.53. The highest BCUT2D eigenvalue weighted by Crippen LogP contribution is 2.45. The van der Waals surface area contributed by atoms with Crippen molar-refractivity contribution >= 4 is 17.7 Å². The quantitative estimate of drug-likeness (QED) is 0.784. The Balaban J connectivity index is 1.58. The van der Waals surface area contributed by atoms with E-state index in [9.17, 15) is 4.79 Å². The minimum absolute atomic E-state index is 0.0852. The van der Waals surface area contributed by atoms with Gasteiger partial charge in [-0.25, -0.2) is 0 Å². The Kier molecular flexibility index (Phi) is 4.01. The fourth-order valence-electron chi connectivity index (χ4n) is 2.18. The molecule has 0 aromatic carbocycles. The summed E-state index contributed by atoms with van der Waals surface area (Å²) >= 11 is 1.52. The van der Waals surface area contributed by atoms with Gasteiger partial charge in [-0.05, 0) is 31.6 Å². The number of nitrogens with one attached hydrogen (secondary N) is 1. The van der Waals surface area contributed by atoms with E-state index in [0.717, 1.165) is 17.5 Å². The number of aromatic nitrogens is 3. The van der Waals surface area contributed by atoms with E-state index in [-0.39, 0.29) is 5.91 Å². The summed E-state index contributed by atoms with van der Waals surface area (Å²) in [7, 11) is 0. The monoisotopic (exact) mass is 294 g/mol. The number of carbonyl (C=O) groups is 1. The topological polar surface area (TPSA) is 59.8 Å². The molecule has 0 spiro atoms. The van der Waals surface area contributed by atoms with Crippen molar-refractivity contribution in [3.63, 3.8) is 0 Å². The second-order valence-corrected chi connectivity index (χ2v) is 7.15. The Labute approximate surface area is 123 Å².